The van der Waals surface area contributed by atoms with Crippen LogP contribution in [-0.4, -0.2) is 51.4 Å². The number of nitrogens with one attached hydrogen (secondary N) is 3. The lowest BCUT2D eigenvalue weighted by Crippen LogP contribution is -2.33. The zero-order valence-corrected chi connectivity index (χ0v) is 17.1. The Hall–Kier alpha value is -3.40. The fourth-order valence-electron chi connectivity index (χ4n) is 4.43. The van der Waals surface area contributed by atoms with Crippen molar-refractivity contribution in [3.05, 3.63) is 46.5 Å². The molecule has 4 heterocycles. The van der Waals surface area contributed by atoms with Gasteiger partial charge in [0.25, 0.3) is 11.5 Å². The monoisotopic (exact) mass is 421 g/mol. The molecule has 10 nitrogen and oxygen atoms in total. The van der Waals surface area contributed by atoms with Crippen molar-refractivity contribution in [2.75, 3.05) is 30.9 Å². The Labute approximate surface area is 177 Å². The summed E-state index contributed by atoms with van der Waals surface area (Å²) in [5.41, 5.74) is 0.941. The van der Waals surface area contributed by atoms with E-state index in [-0.39, 0.29) is 23.0 Å². The van der Waals surface area contributed by atoms with Crippen LogP contribution in [0.3, 0.4) is 0 Å². The largest absolute Gasteiger partial charge is 0.379 e. The second-order valence-corrected chi connectivity index (χ2v) is 8.56. The van der Waals surface area contributed by atoms with Crippen molar-refractivity contribution in [1.82, 2.24) is 24.5 Å². The van der Waals surface area contributed by atoms with Gasteiger partial charge in [0.2, 0.25) is 0 Å². The molecular weight excluding hydrogens is 398 g/mol. The normalized spacial score (nSPS) is 24.1. The molecule has 3 N–H and O–H groups in total. The Morgan fingerprint density at radius 3 is 2.94 bits per heavy atom. The predicted molar refractivity (Wildman–Crippen MR) is 114 cm³/mol. The number of rotatable bonds is 6. The lowest BCUT2D eigenvalue weighted by atomic mass is 10.2. The zero-order valence-electron chi connectivity index (χ0n) is 17.1. The molecule has 6 rings (SSSR count). The van der Waals surface area contributed by atoms with Crippen LogP contribution in [0.15, 0.2) is 35.4 Å². The van der Waals surface area contributed by atoms with Crippen LogP contribution in [-0.2, 0) is 10.3 Å². The van der Waals surface area contributed by atoms with Crippen molar-refractivity contribution < 1.29 is 9.53 Å². The molecule has 0 bridgehead atoms. The number of amides is 1. The predicted octanol–water partition coefficient (Wildman–Crippen LogP) is 1.31. The first-order chi connectivity index (χ1) is 15.1. The maximum Gasteiger partial charge on any atom is 0.274 e. The average molecular weight is 421 g/mol. The van der Waals surface area contributed by atoms with Gasteiger partial charge in [-0.15, -0.1) is 0 Å². The van der Waals surface area contributed by atoms with Crippen LogP contribution in [0.25, 0.3) is 5.65 Å². The molecule has 1 amide bonds. The number of hydrogen-bond donors (Lipinski definition) is 3. The van der Waals surface area contributed by atoms with Crippen LogP contribution < -0.4 is 21.5 Å². The molecular formula is C21H23N7O3. The number of nitrogens with zero attached hydrogens (tertiary/aromatic N) is 4. The summed E-state index contributed by atoms with van der Waals surface area (Å²) in [5.74, 6) is 1.33. The summed E-state index contributed by atoms with van der Waals surface area (Å²) in [7, 11) is 1.77. The maximum absolute atomic E-state index is 13.2. The van der Waals surface area contributed by atoms with Gasteiger partial charge >= 0.3 is 0 Å². The highest BCUT2D eigenvalue weighted by atomic mass is 16.5. The third kappa shape index (κ3) is 2.89. The van der Waals surface area contributed by atoms with Crippen LogP contribution in [0.4, 0.5) is 17.3 Å². The molecule has 3 fully saturated rings. The van der Waals surface area contributed by atoms with Gasteiger partial charge in [-0.05, 0) is 31.4 Å². The quantitative estimate of drug-likeness (QED) is 0.550. The van der Waals surface area contributed by atoms with Gasteiger partial charge in [-0.1, -0.05) is 0 Å². The van der Waals surface area contributed by atoms with Gasteiger partial charge in [0, 0.05) is 31.3 Å². The minimum absolute atomic E-state index is 0.108. The van der Waals surface area contributed by atoms with Gasteiger partial charge in [-0.2, -0.15) is 9.61 Å². The van der Waals surface area contributed by atoms with Crippen molar-refractivity contribution in [3.8, 4) is 0 Å². The van der Waals surface area contributed by atoms with Gasteiger partial charge in [0.05, 0.1) is 24.9 Å². The summed E-state index contributed by atoms with van der Waals surface area (Å²) in [4.78, 5) is 30.4. The van der Waals surface area contributed by atoms with E-state index >= 15 is 0 Å². The van der Waals surface area contributed by atoms with E-state index in [0.29, 0.717) is 47.7 Å². The molecule has 10 heteroatoms. The molecule has 3 aromatic heterocycles. The molecule has 0 unspecified atom stereocenters. The number of carbonyl (C=O) groups excluding carboxylic acids is 1. The number of anilines is 3. The fraction of sp³-hybridized carbons (Fsp3) is 0.429. The number of fused-ring (bicyclic) bond motifs is 2. The van der Waals surface area contributed by atoms with Crippen LogP contribution in [0, 0.1) is 5.92 Å². The minimum Gasteiger partial charge on any atom is -0.379 e. The second-order valence-electron chi connectivity index (χ2n) is 8.56. The zero-order chi connectivity index (χ0) is 21.2. The van der Waals surface area contributed by atoms with E-state index in [4.69, 9.17) is 4.74 Å². The van der Waals surface area contributed by atoms with Crippen LogP contribution >= 0.6 is 0 Å². The first kappa shape index (κ1) is 18.4. The van der Waals surface area contributed by atoms with Crippen molar-refractivity contribution in [2.45, 2.75) is 30.8 Å². The molecule has 2 aliphatic carbocycles. The van der Waals surface area contributed by atoms with E-state index in [1.807, 2.05) is 12.3 Å². The smallest absolute Gasteiger partial charge is 0.274 e. The highest BCUT2D eigenvalue weighted by Gasteiger charge is 2.60. The molecule has 0 aromatic carbocycles. The molecule has 0 radical (unpaired) electrons. The molecule has 3 aliphatic rings. The van der Waals surface area contributed by atoms with E-state index in [2.05, 4.69) is 26.0 Å². The van der Waals surface area contributed by atoms with Crippen LogP contribution in [0.1, 0.15) is 29.6 Å². The van der Waals surface area contributed by atoms with E-state index in [0.717, 1.165) is 19.3 Å². The molecule has 160 valence electrons. The van der Waals surface area contributed by atoms with E-state index in [1.165, 1.54) is 6.20 Å². The number of hydrogen-bond acceptors (Lipinski definition) is 7. The van der Waals surface area contributed by atoms with Crippen LogP contribution in [0.5, 0.6) is 0 Å². The molecule has 2 saturated carbocycles. The number of aromatic nitrogens is 4. The standard InChI is InChI=1S/C21H23N7O3/c1-22-17-7-16(26-18-14(9-23-28(17)18)19(29)24-13-4-5-13)25-15-3-2-6-27(20(15)30)21-8-12(21)10-31-11-21/h2-3,6-7,9,12-13,22H,4-5,8,10-11H2,1H3,(H,24,29)(H,25,26)/t12-,21-/m1/s1. The topological polar surface area (TPSA) is 115 Å². The number of ether oxygens (including phenoxy) is 1. The number of carbonyl (C=O) groups is 1. The minimum atomic E-state index is -0.207. The Kier molecular flexibility index (Phi) is 3.88. The van der Waals surface area contributed by atoms with Crippen molar-refractivity contribution in [3.63, 3.8) is 0 Å². The van der Waals surface area contributed by atoms with Crippen molar-refractivity contribution in [2.24, 2.45) is 5.92 Å². The SMILES string of the molecule is CNc1cc(Nc2cccn([C@]34COC[C@H]3C4)c2=O)nc2c(C(=O)NC3CC3)cnn12. The van der Waals surface area contributed by atoms with E-state index < -0.39 is 0 Å². The molecule has 2 atom stereocenters. The Balaban J connectivity index is 1.37. The molecule has 0 spiro atoms. The third-order valence-electron chi connectivity index (χ3n) is 6.45. The van der Waals surface area contributed by atoms with E-state index in [9.17, 15) is 9.59 Å². The lowest BCUT2D eigenvalue weighted by molar-refractivity contribution is 0.0952. The highest BCUT2D eigenvalue weighted by molar-refractivity contribution is 6.00. The summed E-state index contributed by atoms with van der Waals surface area (Å²) in [6, 6.07) is 5.60. The van der Waals surface area contributed by atoms with Crippen molar-refractivity contribution in [1.29, 1.82) is 0 Å². The molecule has 1 aliphatic heterocycles. The second kappa shape index (κ2) is 6.55. The summed E-state index contributed by atoms with van der Waals surface area (Å²) >= 11 is 0. The Morgan fingerprint density at radius 1 is 1.35 bits per heavy atom. The molecule has 3 aromatic rings. The average Bonchev–Trinajstić information content (AvgIpc) is 3.63. The summed E-state index contributed by atoms with van der Waals surface area (Å²) in [6.07, 6.45) is 6.32. The molecule has 31 heavy (non-hydrogen) atoms. The summed E-state index contributed by atoms with van der Waals surface area (Å²) < 4.78 is 8.94. The Morgan fingerprint density at radius 2 is 2.23 bits per heavy atom. The fourth-order valence-corrected chi connectivity index (χ4v) is 4.43. The van der Waals surface area contributed by atoms with Crippen molar-refractivity contribution >= 4 is 28.9 Å². The molecule has 1 saturated heterocycles. The van der Waals surface area contributed by atoms with Gasteiger partial charge < -0.3 is 25.3 Å². The highest BCUT2D eigenvalue weighted by Crippen LogP contribution is 2.54. The first-order valence-electron chi connectivity index (χ1n) is 10.5. The summed E-state index contributed by atoms with van der Waals surface area (Å²) in [6.45, 7) is 1.28. The van der Waals surface area contributed by atoms with Gasteiger partial charge in [0.15, 0.2) is 5.65 Å². The van der Waals surface area contributed by atoms with Crippen LogP contribution in [0.2, 0.25) is 0 Å². The lowest BCUT2D eigenvalue weighted by Gasteiger charge is -2.17. The Bertz CT molecular complexity index is 1260. The third-order valence-corrected chi connectivity index (χ3v) is 6.45. The maximum atomic E-state index is 13.2. The van der Waals surface area contributed by atoms with Gasteiger partial charge in [0.1, 0.15) is 22.9 Å². The number of pyridine rings is 1. The first-order valence-corrected chi connectivity index (χ1v) is 10.5. The van der Waals surface area contributed by atoms with E-state index in [1.54, 1.807) is 28.3 Å². The van der Waals surface area contributed by atoms with Gasteiger partial charge in [-0.25, -0.2) is 4.98 Å². The summed E-state index contributed by atoms with van der Waals surface area (Å²) in [5, 5.41) is 13.5. The van der Waals surface area contributed by atoms with Gasteiger partial charge in [-0.3, -0.25) is 9.59 Å².